The van der Waals surface area contributed by atoms with E-state index < -0.39 is 57.4 Å². The zero-order chi connectivity index (χ0) is 19.5. The number of aliphatic hydroxyl groups excluding tert-OH is 1. The van der Waals surface area contributed by atoms with Gasteiger partial charge in [0.2, 0.25) is 0 Å². The van der Waals surface area contributed by atoms with E-state index in [2.05, 4.69) is 4.18 Å². The Balaban J connectivity index is 2.28. The molecular weight excluding hydrogens is 392 g/mol. The van der Waals surface area contributed by atoms with E-state index >= 15 is 0 Å². The highest BCUT2D eigenvalue weighted by atomic mass is 32.2. The molecule has 26 heavy (non-hydrogen) atoms. The summed E-state index contributed by atoms with van der Waals surface area (Å²) in [7, 11) is -8.21. The van der Waals surface area contributed by atoms with Gasteiger partial charge in [-0.2, -0.15) is 16.8 Å². The van der Waals surface area contributed by atoms with Gasteiger partial charge in [-0.05, 0) is 12.1 Å². The minimum atomic E-state index is -4.10. The normalized spacial score (nSPS) is 27.0. The Morgan fingerprint density at radius 1 is 1.04 bits per heavy atom. The molecule has 1 saturated heterocycles. The fourth-order valence-corrected chi connectivity index (χ4v) is 3.51. The van der Waals surface area contributed by atoms with Gasteiger partial charge >= 0.3 is 5.97 Å². The van der Waals surface area contributed by atoms with Crippen molar-refractivity contribution < 1.29 is 44.6 Å². The molecule has 1 fully saturated rings. The number of carbonyl (C=O) groups is 1. The van der Waals surface area contributed by atoms with Gasteiger partial charge in [0.1, 0.15) is 6.10 Å². The average molecular weight is 410 g/mol. The lowest BCUT2D eigenvalue weighted by Gasteiger charge is -2.38. The molecular formula is C14H18O10S2. The molecule has 1 heterocycles. The minimum absolute atomic E-state index is 0.178. The number of carbonyl (C=O) groups excluding carboxylic acids is 1. The molecule has 0 radical (unpaired) electrons. The quantitative estimate of drug-likeness (QED) is 0.470. The maximum atomic E-state index is 12.2. The van der Waals surface area contributed by atoms with Gasteiger partial charge in [-0.25, -0.2) is 4.79 Å². The first-order chi connectivity index (χ1) is 12.0. The summed E-state index contributed by atoms with van der Waals surface area (Å²) < 4.78 is 65.5. The molecule has 4 atom stereocenters. The van der Waals surface area contributed by atoms with Gasteiger partial charge in [0.25, 0.3) is 20.2 Å². The van der Waals surface area contributed by atoms with Crippen molar-refractivity contribution in [1.29, 1.82) is 0 Å². The fourth-order valence-electron chi connectivity index (χ4n) is 2.26. The van der Waals surface area contributed by atoms with Crippen LogP contribution in [0.1, 0.15) is 10.4 Å². The van der Waals surface area contributed by atoms with Crippen LogP contribution < -0.4 is 0 Å². The third kappa shape index (κ3) is 6.00. The van der Waals surface area contributed by atoms with E-state index in [1.54, 1.807) is 18.2 Å². The van der Waals surface area contributed by atoms with E-state index in [1.807, 2.05) is 0 Å². The first-order valence-electron chi connectivity index (χ1n) is 7.28. The third-order valence-corrected chi connectivity index (χ3v) is 4.39. The lowest BCUT2D eigenvalue weighted by molar-refractivity contribution is -0.237. The molecule has 0 spiro atoms. The summed E-state index contributed by atoms with van der Waals surface area (Å²) >= 11 is 0. The minimum Gasteiger partial charge on any atom is -0.453 e. The Hall–Kier alpha value is -1.57. The highest BCUT2D eigenvalue weighted by Gasteiger charge is 2.47. The van der Waals surface area contributed by atoms with E-state index in [1.165, 1.54) is 12.1 Å². The predicted molar refractivity (Wildman–Crippen MR) is 87.0 cm³/mol. The summed E-state index contributed by atoms with van der Waals surface area (Å²) in [5.41, 5.74) is 0.178. The zero-order valence-corrected chi connectivity index (χ0v) is 15.5. The Kier molecular flexibility index (Phi) is 6.37. The number of esters is 1. The van der Waals surface area contributed by atoms with Crippen LogP contribution in [0.15, 0.2) is 30.3 Å². The lowest BCUT2D eigenvalue weighted by atomic mass is 10.1. The zero-order valence-electron chi connectivity index (χ0n) is 13.8. The number of aliphatic hydroxyl groups is 1. The van der Waals surface area contributed by atoms with Gasteiger partial charge < -0.3 is 14.6 Å². The highest BCUT2D eigenvalue weighted by molar-refractivity contribution is 7.86. The summed E-state index contributed by atoms with van der Waals surface area (Å²) in [6.07, 6.45) is -5.09. The molecule has 0 amide bonds. The molecule has 0 bridgehead atoms. The summed E-state index contributed by atoms with van der Waals surface area (Å²) in [5.74, 6) is -0.809. The first kappa shape index (κ1) is 20.7. The maximum Gasteiger partial charge on any atom is 0.338 e. The van der Waals surface area contributed by atoms with E-state index in [-0.39, 0.29) is 5.56 Å². The van der Waals surface area contributed by atoms with Crippen LogP contribution in [0.3, 0.4) is 0 Å². The number of hydrogen-bond acceptors (Lipinski definition) is 10. The number of rotatable bonds is 6. The van der Waals surface area contributed by atoms with Crippen LogP contribution in [0.5, 0.6) is 0 Å². The molecule has 1 N–H and O–H groups in total. The van der Waals surface area contributed by atoms with Crippen molar-refractivity contribution in [2.24, 2.45) is 0 Å². The molecule has 146 valence electrons. The lowest BCUT2D eigenvalue weighted by Crippen LogP contribution is -2.57. The van der Waals surface area contributed by atoms with Gasteiger partial charge in [0.15, 0.2) is 18.5 Å². The SMILES string of the molecule is CS(=O)(=O)O[C@@H]1[C@@H](OS(C)(=O)=O)[C@H](OC(=O)c2ccccc2)CO[C@@H]1O. The Labute approximate surface area is 150 Å². The van der Waals surface area contributed by atoms with Gasteiger partial charge in [-0.3, -0.25) is 8.37 Å². The van der Waals surface area contributed by atoms with Crippen LogP contribution in [-0.2, 0) is 38.1 Å². The summed E-state index contributed by atoms with van der Waals surface area (Å²) in [5, 5.41) is 9.84. The number of benzene rings is 1. The van der Waals surface area contributed by atoms with E-state index in [4.69, 9.17) is 13.7 Å². The van der Waals surface area contributed by atoms with Crippen molar-refractivity contribution in [3.05, 3.63) is 35.9 Å². The molecule has 0 aliphatic carbocycles. The maximum absolute atomic E-state index is 12.2. The molecule has 1 aromatic rings. The topological polar surface area (TPSA) is 143 Å². The van der Waals surface area contributed by atoms with E-state index in [0.29, 0.717) is 6.26 Å². The Bertz CT molecular complexity index is 834. The van der Waals surface area contributed by atoms with Crippen molar-refractivity contribution in [3.63, 3.8) is 0 Å². The monoisotopic (exact) mass is 410 g/mol. The largest absolute Gasteiger partial charge is 0.453 e. The second-order valence-corrected chi connectivity index (χ2v) is 8.77. The van der Waals surface area contributed by atoms with E-state index in [9.17, 15) is 26.7 Å². The molecule has 12 heteroatoms. The van der Waals surface area contributed by atoms with Crippen molar-refractivity contribution in [1.82, 2.24) is 0 Å². The number of ether oxygens (including phenoxy) is 2. The number of hydrogen-bond donors (Lipinski definition) is 1. The Morgan fingerprint density at radius 2 is 1.58 bits per heavy atom. The molecule has 1 aliphatic heterocycles. The molecule has 0 saturated carbocycles. The second kappa shape index (κ2) is 7.98. The Morgan fingerprint density at radius 3 is 2.12 bits per heavy atom. The van der Waals surface area contributed by atoms with Gasteiger partial charge in [-0.1, -0.05) is 18.2 Å². The molecule has 1 aromatic carbocycles. The van der Waals surface area contributed by atoms with Gasteiger partial charge in [0, 0.05) is 0 Å². The van der Waals surface area contributed by atoms with Crippen molar-refractivity contribution in [2.45, 2.75) is 24.6 Å². The van der Waals surface area contributed by atoms with Crippen LogP contribution in [0.4, 0.5) is 0 Å². The third-order valence-electron chi connectivity index (χ3n) is 3.24. The van der Waals surface area contributed by atoms with Crippen molar-refractivity contribution in [3.8, 4) is 0 Å². The van der Waals surface area contributed by atoms with Crippen molar-refractivity contribution in [2.75, 3.05) is 19.1 Å². The van der Waals surface area contributed by atoms with Crippen LogP contribution in [-0.4, -0.2) is 71.6 Å². The second-order valence-electron chi connectivity index (χ2n) is 5.56. The summed E-state index contributed by atoms with van der Waals surface area (Å²) in [4.78, 5) is 12.2. The highest BCUT2D eigenvalue weighted by Crippen LogP contribution is 2.25. The average Bonchev–Trinajstić information content (AvgIpc) is 2.52. The first-order valence-corrected chi connectivity index (χ1v) is 10.9. The van der Waals surface area contributed by atoms with Crippen molar-refractivity contribution >= 4 is 26.2 Å². The van der Waals surface area contributed by atoms with Crippen LogP contribution in [0.25, 0.3) is 0 Å². The van der Waals surface area contributed by atoms with Gasteiger partial charge in [0.05, 0.1) is 24.7 Å². The van der Waals surface area contributed by atoms with Crippen LogP contribution >= 0.6 is 0 Å². The smallest absolute Gasteiger partial charge is 0.338 e. The van der Waals surface area contributed by atoms with Crippen LogP contribution in [0.2, 0.25) is 0 Å². The summed E-state index contributed by atoms with van der Waals surface area (Å²) in [6.45, 7) is -0.427. The predicted octanol–water partition coefficient (Wildman–Crippen LogP) is -0.750. The molecule has 1 aliphatic rings. The molecule has 10 nitrogen and oxygen atoms in total. The molecule has 0 unspecified atom stereocenters. The summed E-state index contributed by atoms with van der Waals surface area (Å²) in [6, 6.07) is 7.81. The van der Waals surface area contributed by atoms with E-state index in [0.717, 1.165) is 6.26 Å². The standard InChI is InChI=1S/C14H18O10S2/c1-25(17,18)23-11-10(22-13(15)9-6-4-3-5-7-9)8-21-14(16)12(11)24-26(2,19)20/h3-7,10-12,14,16H,8H2,1-2H3/t10-,11+,12-,14+/m1/s1. The van der Waals surface area contributed by atoms with Crippen LogP contribution in [0, 0.1) is 0 Å². The molecule has 0 aromatic heterocycles. The fraction of sp³-hybridized carbons (Fsp3) is 0.500. The molecule has 2 rings (SSSR count). The van der Waals surface area contributed by atoms with Gasteiger partial charge in [-0.15, -0.1) is 0 Å².